The molecule has 0 radical (unpaired) electrons. The second kappa shape index (κ2) is 14.5. The van der Waals surface area contributed by atoms with Gasteiger partial charge in [-0.15, -0.1) is 0 Å². The Morgan fingerprint density at radius 3 is 2.27 bits per heavy atom. The van der Waals surface area contributed by atoms with E-state index in [2.05, 4.69) is 21.2 Å². The van der Waals surface area contributed by atoms with Crippen molar-refractivity contribution in [2.45, 2.75) is 58.2 Å². The van der Waals surface area contributed by atoms with E-state index < -0.39 is 21.6 Å². The van der Waals surface area contributed by atoms with Gasteiger partial charge >= 0.3 is 0 Å². The van der Waals surface area contributed by atoms with Crippen LogP contribution in [0.3, 0.4) is 0 Å². The molecule has 2 amide bonds. The fourth-order valence-corrected chi connectivity index (χ4v) is 6.43. The first-order chi connectivity index (χ1) is 20.8. The number of fused-ring (bicyclic) bond motifs is 1. The number of sulfonamides is 1. The lowest BCUT2D eigenvalue weighted by Crippen LogP contribution is -2.54. The van der Waals surface area contributed by atoms with Crippen LogP contribution in [0.2, 0.25) is 0 Å². The number of hydrogen-bond acceptors (Lipinski definition) is 6. The zero-order valence-electron chi connectivity index (χ0n) is 25.6. The molecule has 236 valence electrons. The van der Waals surface area contributed by atoms with Gasteiger partial charge in [0.15, 0.2) is 11.5 Å². The Bertz CT molecular complexity index is 1560. The number of nitrogens with one attached hydrogen (secondary N) is 1. The molecule has 44 heavy (non-hydrogen) atoms. The molecule has 3 aromatic rings. The minimum Gasteiger partial charge on any atom is -0.486 e. The van der Waals surface area contributed by atoms with Gasteiger partial charge in [0.25, 0.3) is 0 Å². The summed E-state index contributed by atoms with van der Waals surface area (Å²) in [6.07, 6.45) is 1.75. The Balaban J connectivity index is 1.59. The van der Waals surface area contributed by atoms with Crippen molar-refractivity contribution in [3.8, 4) is 11.5 Å². The summed E-state index contributed by atoms with van der Waals surface area (Å²) in [4.78, 5) is 29.4. The normalized spacial score (nSPS) is 13.6. The maximum Gasteiger partial charge on any atom is 0.243 e. The average molecular weight is 687 g/mol. The Kier molecular flexibility index (Phi) is 11.0. The Labute approximate surface area is 268 Å². The largest absolute Gasteiger partial charge is 0.486 e. The molecule has 3 aromatic carbocycles. The van der Waals surface area contributed by atoms with Crippen LogP contribution in [0.1, 0.15) is 44.7 Å². The second-order valence-electron chi connectivity index (χ2n) is 11.9. The molecule has 1 atom stereocenters. The summed E-state index contributed by atoms with van der Waals surface area (Å²) >= 11 is 3.51. The standard InChI is InChI=1S/C33H40BrN3O6S/c1-33(2,3)35-32(39)28(21-24-10-6-5-7-11-24)36(23-25-12-8-13-26(34)20-25)31(38)14-9-17-37(44(4,40)41)27-15-16-29-30(22-27)43-19-18-42-29/h5-8,10-13,15-16,20,22,28H,9,14,17-19,21,23H2,1-4H3,(H,35,39)/t28-/m1/s1. The molecule has 0 fully saturated rings. The Morgan fingerprint density at radius 1 is 0.932 bits per heavy atom. The Hall–Kier alpha value is -3.57. The van der Waals surface area contributed by atoms with Crippen LogP contribution < -0.4 is 19.1 Å². The number of nitrogens with zero attached hydrogens (tertiary/aromatic N) is 2. The van der Waals surface area contributed by atoms with Crippen LogP contribution in [0, 0.1) is 0 Å². The first-order valence-electron chi connectivity index (χ1n) is 14.6. The molecule has 11 heteroatoms. The molecule has 0 bridgehead atoms. The monoisotopic (exact) mass is 685 g/mol. The number of anilines is 1. The number of carbonyl (C=O) groups excluding carboxylic acids is 2. The third-order valence-electron chi connectivity index (χ3n) is 6.98. The fourth-order valence-electron chi connectivity index (χ4n) is 5.03. The third-order valence-corrected chi connectivity index (χ3v) is 8.66. The van der Waals surface area contributed by atoms with Gasteiger partial charge in [-0.05, 0) is 62.6 Å². The predicted molar refractivity (Wildman–Crippen MR) is 175 cm³/mol. The van der Waals surface area contributed by atoms with Gasteiger partial charge in [0.1, 0.15) is 19.3 Å². The van der Waals surface area contributed by atoms with Gasteiger partial charge in [0.2, 0.25) is 21.8 Å². The van der Waals surface area contributed by atoms with Crippen LogP contribution in [-0.2, 0) is 32.6 Å². The van der Waals surface area contributed by atoms with Crippen molar-refractivity contribution in [1.82, 2.24) is 10.2 Å². The molecule has 0 aliphatic carbocycles. The number of benzene rings is 3. The van der Waals surface area contributed by atoms with E-state index in [1.54, 1.807) is 23.1 Å². The van der Waals surface area contributed by atoms with E-state index in [0.717, 1.165) is 21.9 Å². The van der Waals surface area contributed by atoms with Crippen LogP contribution >= 0.6 is 15.9 Å². The van der Waals surface area contributed by atoms with Gasteiger partial charge in [0, 0.05) is 42.0 Å². The third kappa shape index (κ3) is 9.46. The molecule has 1 heterocycles. The van der Waals surface area contributed by atoms with Crippen LogP contribution in [0.4, 0.5) is 5.69 Å². The quantitative estimate of drug-likeness (QED) is 0.277. The molecular formula is C33H40BrN3O6S. The predicted octanol–water partition coefficient (Wildman–Crippen LogP) is 5.32. The fraction of sp³-hybridized carbons (Fsp3) is 0.394. The van der Waals surface area contributed by atoms with Crippen molar-refractivity contribution in [1.29, 1.82) is 0 Å². The SMILES string of the molecule is CC(C)(C)NC(=O)[C@@H](Cc1ccccc1)N(Cc1cccc(Br)c1)C(=O)CCCN(c1ccc2c(c1)OCCO2)S(C)(=O)=O. The molecule has 0 aromatic heterocycles. The highest BCUT2D eigenvalue weighted by Crippen LogP contribution is 2.35. The number of hydrogen-bond donors (Lipinski definition) is 1. The zero-order chi connectivity index (χ0) is 31.9. The van der Waals surface area contributed by atoms with Gasteiger partial charge < -0.3 is 19.7 Å². The van der Waals surface area contributed by atoms with Gasteiger partial charge in [-0.1, -0.05) is 58.4 Å². The minimum absolute atomic E-state index is 0.0403. The van der Waals surface area contributed by atoms with E-state index in [-0.39, 0.29) is 37.7 Å². The van der Waals surface area contributed by atoms with Gasteiger partial charge in [-0.25, -0.2) is 8.42 Å². The number of carbonyl (C=O) groups is 2. The summed E-state index contributed by atoms with van der Waals surface area (Å²) in [5, 5.41) is 3.06. The molecule has 1 aliphatic rings. The molecular weight excluding hydrogens is 646 g/mol. The van der Waals surface area contributed by atoms with Crippen molar-refractivity contribution >= 4 is 43.5 Å². The lowest BCUT2D eigenvalue weighted by atomic mass is 10.00. The van der Waals surface area contributed by atoms with E-state index in [4.69, 9.17) is 9.47 Å². The van der Waals surface area contributed by atoms with E-state index in [1.165, 1.54) is 4.31 Å². The van der Waals surface area contributed by atoms with E-state index in [1.807, 2.05) is 75.4 Å². The van der Waals surface area contributed by atoms with Crippen molar-refractivity contribution in [3.05, 3.63) is 88.4 Å². The summed E-state index contributed by atoms with van der Waals surface area (Å²) in [5.41, 5.74) is 1.72. The number of rotatable bonds is 12. The van der Waals surface area contributed by atoms with Crippen LogP contribution in [0.15, 0.2) is 77.3 Å². The number of ether oxygens (including phenoxy) is 2. The van der Waals surface area contributed by atoms with Crippen molar-refractivity contribution in [3.63, 3.8) is 0 Å². The van der Waals surface area contributed by atoms with Gasteiger partial charge in [0.05, 0.1) is 11.9 Å². The van der Waals surface area contributed by atoms with Gasteiger partial charge in [-0.2, -0.15) is 0 Å². The van der Waals surface area contributed by atoms with Crippen molar-refractivity contribution in [2.75, 3.05) is 30.3 Å². The maximum absolute atomic E-state index is 14.0. The van der Waals surface area contributed by atoms with Crippen LogP contribution in [-0.4, -0.2) is 62.7 Å². The van der Waals surface area contributed by atoms with E-state index in [0.29, 0.717) is 36.8 Å². The van der Waals surface area contributed by atoms with Gasteiger partial charge in [-0.3, -0.25) is 13.9 Å². The molecule has 9 nitrogen and oxygen atoms in total. The molecule has 0 saturated heterocycles. The minimum atomic E-state index is -3.66. The summed E-state index contributed by atoms with van der Waals surface area (Å²) in [6.45, 7) is 6.82. The first-order valence-corrected chi connectivity index (χ1v) is 17.2. The molecule has 4 rings (SSSR count). The lowest BCUT2D eigenvalue weighted by molar-refractivity contribution is -0.142. The van der Waals surface area contributed by atoms with Crippen molar-refractivity contribution < 1.29 is 27.5 Å². The number of amides is 2. The summed E-state index contributed by atoms with van der Waals surface area (Å²) < 4.78 is 39.0. The second-order valence-corrected chi connectivity index (χ2v) is 14.7. The van der Waals surface area contributed by atoms with E-state index >= 15 is 0 Å². The average Bonchev–Trinajstić information content (AvgIpc) is 2.96. The first kappa shape index (κ1) is 33.3. The Morgan fingerprint density at radius 2 is 1.61 bits per heavy atom. The number of halogens is 1. The van der Waals surface area contributed by atoms with Crippen LogP contribution in [0.25, 0.3) is 0 Å². The smallest absolute Gasteiger partial charge is 0.243 e. The van der Waals surface area contributed by atoms with E-state index in [9.17, 15) is 18.0 Å². The molecule has 1 aliphatic heterocycles. The molecule has 0 spiro atoms. The highest BCUT2D eigenvalue weighted by atomic mass is 79.9. The highest BCUT2D eigenvalue weighted by molar-refractivity contribution is 9.10. The lowest BCUT2D eigenvalue weighted by Gasteiger charge is -2.34. The summed E-state index contributed by atoms with van der Waals surface area (Å²) in [7, 11) is -3.66. The summed E-state index contributed by atoms with van der Waals surface area (Å²) in [5.74, 6) is 0.543. The topological polar surface area (TPSA) is 105 Å². The zero-order valence-corrected chi connectivity index (χ0v) is 28.0. The van der Waals surface area contributed by atoms with Crippen molar-refractivity contribution in [2.24, 2.45) is 0 Å². The highest BCUT2D eigenvalue weighted by Gasteiger charge is 2.32. The maximum atomic E-state index is 14.0. The molecule has 0 saturated carbocycles. The van der Waals surface area contributed by atoms with Crippen LogP contribution in [0.5, 0.6) is 11.5 Å². The molecule has 1 N–H and O–H groups in total. The molecule has 0 unspecified atom stereocenters. The summed E-state index contributed by atoms with van der Waals surface area (Å²) in [6, 6.07) is 21.5.